The summed E-state index contributed by atoms with van der Waals surface area (Å²) in [5.74, 6) is 0.398. The molecule has 1 heterocycles. The van der Waals surface area contributed by atoms with Gasteiger partial charge in [-0.1, -0.05) is 30.3 Å². The Morgan fingerprint density at radius 2 is 1.91 bits per heavy atom. The third-order valence-corrected chi connectivity index (χ3v) is 3.15. The van der Waals surface area contributed by atoms with Crippen molar-refractivity contribution in [2.75, 3.05) is 0 Å². The van der Waals surface area contributed by atoms with Crippen molar-refractivity contribution < 1.29 is 4.92 Å². The van der Waals surface area contributed by atoms with Crippen LogP contribution < -0.4 is 5.56 Å². The number of hydrogen-bond acceptors (Lipinski definition) is 4. The van der Waals surface area contributed by atoms with Gasteiger partial charge in [-0.3, -0.25) is 14.9 Å². The van der Waals surface area contributed by atoms with Gasteiger partial charge in [-0.2, -0.15) is 0 Å². The molecular weight excluding hydrogens is 282 g/mol. The number of nitrogens with one attached hydrogen (secondary N) is 1. The van der Waals surface area contributed by atoms with E-state index in [2.05, 4.69) is 9.97 Å². The molecule has 0 aliphatic rings. The zero-order valence-corrected chi connectivity index (χ0v) is 11.4. The molecule has 1 aromatic heterocycles. The lowest BCUT2D eigenvalue weighted by molar-refractivity contribution is -0.384. The summed E-state index contributed by atoms with van der Waals surface area (Å²) >= 11 is 0. The summed E-state index contributed by atoms with van der Waals surface area (Å²) in [5, 5.41) is 11.3. The number of hydrogen-bond donors (Lipinski definition) is 1. The lowest BCUT2D eigenvalue weighted by Crippen LogP contribution is -2.09. The van der Waals surface area contributed by atoms with Gasteiger partial charge in [-0.25, -0.2) is 4.98 Å². The zero-order valence-electron chi connectivity index (χ0n) is 11.4. The van der Waals surface area contributed by atoms with Crippen LogP contribution in [0.25, 0.3) is 23.1 Å². The molecule has 0 fully saturated rings. The molecule has 0 amide bonds. The molecule has 0 spiro atoms. The normalized spacial score (nSPS) is 11.1. The number of fused-ring (bicyclic) bond motifs is 1. The van der Waals surface area contributed by atoms with Gasteiger partial charge in [0.1, 0.15) is 5.82 Å². The lowest BCUT2D eigenvalue weighted by atomic mass is 10.2. The van der Waals surface area contributed by atoms with E-state index in [1.165, 1.54) is 12.1 Å². The van der Waals surface area contributed by atoms with Crippen LogP contribution in [-0.4, -0.2) is 14.9 Å². The second kappa shape index (κ2) is 5.61. The van der Waals surface area contributed by atoms with Gasteiger partial charge >= 0.3 is 0 Å². The smallest absolute Gasteiger partial charge is 0.270 e. The molecule has 0 radical (unpaired) electrons. The van der Waals surface area contributed by atoms with Crippen molar-refractivity contribution in [1.82, 2.24) is 9.97 Å². The third-order valence-electron chi connectivity index (χ3n) is 3.15. The average Bonchev–Trinajstić information content (AvgIpc) is 2.53. The fourth-order valence-electron chi connectivity index (χ4n) is 2.10. The van der Waals surface area contributed by atoms with Crippen LogP contribution in [0.1, 0.15) is 11.4 Å². The van der Waals surface area contributed by atoms with Crippen LogP contribution in [0, 0.1) is 10.1 Å². The molecule has 6 heteroatoms. The van der Waals surface area contributed by atoms with Crippen molar-refractivity contribution in [2.24, 2.45) is 0 Å². The van der Waals surface area contributed by atoms with Crippen molar-refractivity contribution in [2.45, 2.75) is 0 Å². The van der Waals surface area contributed by atoms with E-state index in [1.807, 2.05) is 6.07 Å². The Kier molecular flexibility index (Phi) is 3.49. The average molecular weight is 293 g/mol. The highest BCUT2D eigenvalue weighted by molar-refractivity contribution is 5.79. The SMILES string of the molecule is O=c1[nH]c(/C=C/c2cccc([N+](=O)[O-])c2)nc2ccccc12. The first-order valence-corrected chi connectivity index (χ1v) is 6.55. The molecule has 0 aliphatic heterocycles. The minimum absolute atomic E-state index is 0.0158. The van der Waals surface area contributed by atoms with E-state index < -0.39 is 4.92 Å². The van der Waals surface area contributed by atoms with Gasteiger partial charge in [0.05, 0.1) is 15.8 Å². The van der Waals surface area contributed by atoms with Crippen molar-refractivity contribution in [3.8, 4) is 0 Å². The van der Waals surface area contributed by atoms with Crippen molar-refractivity contribution in [1.29, 1.82) is 0 Å². The molecule has 0 bridgehead atoms. The molecule has 0 saturated heterocycles. The fourth-order valence-corrected chi connectivity index (χ4v) is 2.10. The summed E-state index contributed by atoms with van der Waals surface area (Å²) < 4.78 is 0. The summed E-state index contributed by atoms with van der Waals surface area (Å²) in [6, 6.07) is 13.3. The Labute approximate surface area is 124 Å². The van der Waals surface area contributed by atoms with Crippen LogP contribution in [-0.2, 0) is 0 Å². The van der Waals surface area contributed by atoms with Crippen LogP contribution >= 0.6 is 0 Å². The highest BCUT2D eigenvalue weighted by Gasteiger charge is 2.04. The van der Waals surface area contributed by atoms with E-state index >= 15 is 0 Å². The predicted octanol–water partition coefficient (Wildman–Crippen LogP) is 3.00. The lowest BCUT2D eigenvalue weighted by Gasteiger charge is -1.98. The topological polar surface area (TPSA) is 88.9 Å². The minimum atomic E-state index is -0.451. The number of para-hydroxylation sites is 1. The summed E-state index contributed by atoms with van der Waals surface area (Å²) in [6.07, 6.45) is 3.28. The van der Waals surface area contributed by atoms with Crippen molar-refractivity contribution >= 4 is 28.7 Å². The van der Waals surface area contributed by atoms with Crippen LogP contribution in [0.15, 0.2) is 53.3 Å². The van der Waals surface area contributed by atoms with Gasteiger partial charge < -0.3 is 4.98 Å². The van der Waals surface area contributed by atoms with E-state index in [4.69, 9.17) is 0 Å². The third kappa shape index (κ3) is 2.76. The molecule has 3 rings (SSSR count). The Morgan fingerprint density at radius 3 is 2.73 bits per heavy atom. The second-order valence-corrected chi connectivity index (χ2v) is 4.65. The number of aromatic amines is 1. The molecule has 0 saturated carbocycles. The van der Waals surface area contributed by atoms with E-state index in [0.717, 1.165) is 0 Å². The number of rotatable bonds is 3. The first-order chi connectivity index (χ1) is 10.6. The van der Waals surface area contributed by atoms with E-state index in [0.29, 0.717) is 22.3 Å². The number of nitro benzene ring substituents is 1. The molecule has 6 nitrogen and oxygen atoms in total. The molecule has 3 aromatic rings. The maximum atomic E-state index is 11.9. The van der Waals surface area contributed by atoms with Crippen molar-refractivity contribution in [3.63, 3.8) is 0 Å². The summed E-state index contributed by atoms with van der Waals surface area (Å²) in [5.41, 5.74) is 1.06. The molecule has 1 N–H and O–H groups in total. The van der Waals surface area contributed by atoms with Crippen molar-refractivity contribution in [3.05, 3.63) is 80.4 Å². The van der Waals surface area contributed by atoms with Gasteiger partial charge in [-0.05, 0) is 23.8 Å². The van der Waals surface area contributed by atoms with E-state index in [-0.39, 0.29) is 11.2 Å². The van der Waals surface area contributed by atoms with Crippen LogP contribution in [0.5, 0.6) is 0 Å². The molecule has 0 unspecified atom stereocenters. The summed E-state index contributed by atoms with van der Waals surface area (Å²) in [4.78, 5) is 29.2. The Balaban J connectivity index is 1.97. The number of nitro groups is 1. The minimum Gasteiger partial charge on any atom is -0.306 e. The molecule has 22 heavy (non-hydrogen) atoms. The highest BCUT2D eigenvalue weighted by Crippen LogP contribution is 2.15. The first kappa shape index (κ1) is 13.7. The van der Waals surface area contributed by atoms with Gasteiger partial charge in [0, 0.05) is 12.1 Å². The number of nitrogens with zero attached hydrogens (tertiary/aromatic N) is 2. The molecular formula is C16H11N3O3. The highest BCUT2D eigenvalue weighted by atomic mass is 16.6. The zero-order chi connectivity index (χ0) is 15.5. The second-order valence-electron chi connectivity index (χ2n) is 4.65. The van der Waals surface area contributed by atoms with Gasteiger partial charge in [0.15, 0.2) is 0 Å². The molecule has 2 aromatic carbocycles. The maximum Gasteiger partial charge on any atom is 0.270 e. The molecule has 0 aliphatic carbocycles. The first-order valence-electron chi connectivity index (χ1n) is 6.55. The monoisotopic (exact) mass is 293 g/mol. The Morgan fingerprint density at radius 1 is 1.09 bits per heavy atom. The number of aromatic nitrogens is 2. The molecule has 0 atom stereocenters. The van der Waals surface area contributed by atoms with Crippen LogP contribution in [0.3, 0.4) is 0 Å². The number of non-ortho nitro benzene ring substituents is 1. The summed E-state index contributed by atoms with van der Waals surface area (Å²) in [7, 11) is 0. The fraction of sp³-hybridized carbons (Fsp3) is 0. The number of benzene rings is 2. The quantitative estimate of drug-likeness (QED) is 0.593. The predicted molar refractivity (Wildman–Crippen MR) is 84.4 cm³/mol. The van der Waals surface area contributed by atoms with Gasteiger partial charge in [0.25, 0.3) is 11.2 Å². The standard InChI is InChI=1S/C16H11N3O3/c20-16-13-6-1-2-7-14(13)17-15(18-16)9-8-11-4-3-5-12(10-11)19(21)22/h1-10H,(H,17,18,20)/b9-8+. The maximum absolute atomic E-state index is 11.9. The van der Waals surface area contributed by atoms with E-state index in [9.17, 15) is 14.9 Å². The Bertz CT molecular complexity index is 945. The number of H-pyrrole nitrogens is 1. The Hall–Kier alpha value is -3.28. The summed E-state index contributed by atoms with van der Waals surface area (Å²) in [6.45, 7) is 0. The largest absolute Gasteiger partial charge is 0.306 e. The van der Waals surface area contributed by atoms with Gasteiger partial charge in [0.2, 0.25) is 0 Å². The molecule has 108 valence electrons. The van der Waals surface area contributed by atoms with Gasteiger partial charge in [-0.15, -0.1) is 0 Å². The van der Waals surface area contributed by atoms with E-state index in [1.54, 1.807) is 42.5 Å². The van der Waals surface area contributed by atoms with Crippen LogP contribution in [0.2, 0.25) is 0 Å². The van der Waals surface area contributed by atoms with Crippen LogP contribution in [0.4, 0.5) is 5.69 Å².